The van der Waals surface area contributed by atoms with Gasteiger partial charge in [-0.05, 0) is 42.0 Å². The second kappa shape index (κ2) is 9.62. The number of hydrogen-bond donors (Lipinski definition) is 2. The van der Waals surface area contributed by atoms with Crippen LogP contribution in [0.3, 0.4) is 0 Å². The van der Waals surface area contributed by atoms with E-state index < -0.39 is 15.3 Å². The molecular formula is C23H31N3O3S. The molecule has 6 nitrogen and oxygen atoms in total. The number of anilines is 1. The third kappa shape index (κ3) is 5.61. The summed E-state index contributed by atoms with van der Waals surface area (Å²) in [5, 5.41) is -0.576. The van der Waals surface area contributed by atoms with E-state index in [0.717, 1.165) is 29.8 Å². The van der Waals surface area contributed by atoms with E-state index in [-0.39, 0.29) is 24.3 Å². The van der Waals surface area contributed by atoms with E-state index in [4.69, 9.17) is 5.73 Å². The van der Waals surface area contributed by atoms with Crippen molar-refractivity contribution in [3.63, 3.8) is 0 Å². The summed E-state index contributed by atoms with van der Waals surface area (Å²) in [6.07, 6.45) is 1.34. The Morgan fingerprint density at radius 2 is 1.80 bits per heavy atom. The molecule has 3 rings (SSSR count). The molecule has 0 aliphatic carbocycles. The van der Waals surface area contributed by atoms with Gasteiger partial charge in [0, 0.05) is 25.3 Å². The first-order chi connectivity index (χ1) is 14.3. The van der Waals surface area contributed by atoms with Gasteiger partial charge in [0.1, 0.15) is 5.25 Å². The van der Waals surface area contributed by atoms with Gasteiger partial charge in [0.15, 0.2) is 0 Å². The van der Waals surface area contributed by atoms with Crippen LogP contribution in [0.5, 0.6) is 0 Å². The van der Waals surface area contributed by atoms with Gasteiger partial charge in [-0.25, -0.2) is 13.1 Å². The zero-order chi connectivity index (χ0) is 21.7. The summed E-state index contributed by atoms with van der Waals surface area (Å²) in [5.41, 5.74) is 8.13. The molecule has 1 fully saturated rings. The van der Waals surface area contributed by atoms with Gasteiger partial charge < -0.3 is 10.6 Å². The van der Waals surface area contributed by atoms with Crippen LogP contribution in [0, 0.1) is 11.8 Å². The lowest BCUT2D eigenvalue weighted by molar-refractivity contribution is -0.121. The molecule has 30 heavy (non-hydrogen) atoms. The second-order valence-corrected chi connectivity index (χ2v) is 10.3. The van der Waals surface area contributed by atoms with E-state index in [1.807, 2.05) is 68.4 Å². The Bertz CT molecular complexity index is 943. The number of benzene rings is 2. The standard InChI is InChI=1S/C23H31N3O3S/c1-17(2)14-22(19-6-4-3-5-7-19)30(28,29)25-15-18-8-10-21(11-9-18)26-13-12-20(16-26)23(24)27/h3-11,17,20,22,25H,12-16H2,1-2H3,(H2,24,27)/t20?,22-/m0/s1. The SMILES string of the molecule is CC(C)C[C@@H](c1ccccc1)S(=O)(=O)NCc1ccc(N2CCC(C(N)=O)C2)cc1. The molecule has 2 aromatic rings. The highest BCUT2D eigenvalue weighted by atomic mass is 32.2. The van der Waals surface area contributed by atoms with E-state index in [0.29, 0.717) is 13.0 Å². The lowest BCUT2D eigenvalue weighted by Gasteiger charge is -2.21. The van der Waals surface area contributed by atoms with Gasteiger partial charge in [-0.1, -0.05) is 56.3 Å². The summed E-state index contributed by atoms with van der Waals surface area (Å²) in [7, 11) is -3.52. The molecule has 162 valence electrons. The van der Waals surface area contributed by atoms with E-state index in [9.17, 15) is 13.2 Å². The van der Waals surface area contributed by atoms with Crippen molar-refractivity contribution in [3.05, 3.63) is 65.7 Å². The summed E-state index contributed by atoms with van der Waals surface area (Å²) >= 11 is 0. The first kappa shape index (κ1) is 22.3. The van der Waals surface area contributed by atoms with Crippen molar-refractivity contribution >= 4 is 21.6 Å². The van der Waals surface area contributed by atoms with Gasteiger partial charge in [0.05, 0.1) is 5.92 Å². The predicted octanol–water partition coefficient (Wildman–Crippen LogP) is 3.21. The molecule has 1 unspecified atom stereocenters. The van der Waals surface area contributed by atoms with Crippen molar-refractivity contribution in [1.82, 2.24) is 4.72 Å². The normalized spacial score (nSPS) is 18.0. The molecule has 1 heterocycles. The predicted molar refractivity (Wildman–Crippen MR) is 120 cm³/mol. The Kier molecular flexibility index (Phi) is 7.15. The van der Waals surface area contributed by atoms with Crippen molar-refractivity contribution in [2.75, 3.05) is 18.0 Å². The number of amides is 1. The van der Waals surface area contributed by atoms with E-state index in [2.05, 4.69) is 9.62 Å². The van der Waals surface area contributed by atoms with E-state index in [1.54, 1.807) is 0 Å². The fraction of sp³-hybridized carbons (Fsp3) is 0.435. The molecule has 1 amide bonds. The van der Waals surface area contributed by atoms with Crippen LogP contribution >= 0.6 is 0 Å². The van der Waals surface area contributed by atoms with Crippen LogP contribution in [0.2, 0.25) is 0 Å². The Hall–Kier alpha value is -2.38. The molecule has 3 N–H and O–H groups in total. The minimum absolute atomic E-state index is 0.104. The van der Waals surface area contributed by atoms with Crippen molar-refractivity contribution in [3.8, 4) is 0 Å². The maximum atomic E-state index is 13.1. The molecule has 0 saturated carbocycles. The lowest BCUT2D eigenvalue weighted by Crippen LogP contribution is -2.30. The highest BCUT2D eigenvalue weighted by Crippen LogP contribution is 2.29. The molecule has 0 spiro atoms. The molecule has 0 aromatic heterocycles. The maximum Gasteiger partial charge on any atom is 0.222 e. The van der Waals surface area contributed by atoms with Crippen LogP contribution in [-0.2, 0) is 21.4 Å². The van der Waals surface area contributed by atoms with Crippen molar-refractivity contribution in [2.24, 2.45) is 17.6 Å². The largest absolute Gasteiger partial charge is 0.371 e. The highest BCUT2D eigenvalue weighted by molar-refractivity contribution is 7.89. The molecule has 0 radical (unpaired) electrons. The first-order valence-electron chi connectivity index (χ1n) is 10.4. The van der Waals surface area contributed by atoms with Crippen LogP contribution in [0.25, 0.3) is 0 Å². The third-order valence-electron chi connectivity index (χ3n) is 5.60. The summed E-state index contributed by atoms with van der Waals surface area (Å²) in [5.74, 6) is -0.0963. The molecule has 2 atom stereocenters. The maximum absolute atomic E-state index is 13.1. The first-order valence-corrected chi connectivity index (χ1v) is 12.0. The lowest BCUT2D eigenvalue weighted by atomic mass is 10.0. The fourth-order valence-corrected chi connectivity index (χ4v) is 5.60. The highest BCUT2D eigenvalue weighted by Gasteiger charge is 2.28. The minimum atomic E-state index is -3.52. The molecule has 1 aliphatic heterocycles. The van der Waals surface area contributed by atoms with Gasteiger partial charge >= 0.3 is 0 Å². The van der Waals surface area contributed by atoms with Gasteiger partial charge in [-0.3, -0.25) is 4.79 Å². The van der Waals surface area contributed by atoms with Gasteiger partial charge in [0.25, 0.3) is 0 Å². The van der Waals surface area contributed by atoms with Gasteiger partial charge in [0.2, 0.25) is 15.9 Å². The van der Waals surface area contributed by atoms with Crippen LogP contribution in [0.4, 0.5) is 5.69 Å². The topological polar surface area (TPSA) is 92.5 Å². The quantitative estimate of drug-likeness (QED) is 0.640. The Morgan fingerprint density at radius 3 is 2.37 bits per heavy atom. The molecule has 7 heteroatoms. The van der Waals surface area contributed by atoms with Crippen LogP contribution in [0.1, 0.15) is 43.1 Å². The molecule has 0 bridgehead atoms. The zero-order valence-electron chi connectivity index (χ0n) is 17.6. The Balaban J connectivity index is 1.65. The number of rotatable bonds is 9. The number of sulfonamides is 1. The van der Waals surface area contributed by atoms with Crippen molar-refractivity contribution < 1.29 is 13.2 Å². The summed E-state index contributed by atoms with van der Waals surface area (Å²) in [6.45, 7) is 5.74. The number of nitrogens with zero attached hydrogens (tertiary/aromatic N) is 1. The van der Waals surface area contributed by atoms with Crippen LogP contribution in [0.15, 0.2) is 54.6 Å². The van der Waals surface area contributed by atoms with E-state index in [1.165, 1.54) is 0 Å². The summed E-state index contributed by atoms with van der Waals surface area (Å²) in [6, 6.07) is 17.2. The summed E-state index contributed by atoms with van der Waals surface area (Å²) in [4.78, 5) is 13.5. The number of carbonyl (C=O) groups excluding carboxylic acids is 1. The van der Waals surface area contributed by atoms with E-state index >= 15 is 0 Å². The average Bonchev–Trinajstić information content (AvgIpc) is 3.22. The second-order valence-electron chi connectivity index (χ2n) is 8.40. The minimum Gasteiger partial charge on any atom is -0.371 e. The van der Waals surface area contributed by atoms with Gasteiger partial charge in [-0.15, -0.1) is 0 Å². The number of carbonyl (C=O) groups is 1. The number of primary amides is 1. The van der Waals surface area contributed by atoms with Crippen molar-refractivity contribution in [1.29, 1.82) is 0 Å². The molecule has 1 saturated heterocycles. The molecular weight excluding hydrogens is 398 g/mol. The van der Waals surface area contributed by atoms with Crippen LogP contribution < -0.4 is 15.4 Å². The number of hydrogen-bond acceptors (Lipinski definition) is 4. The fourth-order valence-electron chi connectivity index (χ4n) is 3.87. The molecule has 1 aliphatic rings. The van der Waals surface area contributed by atoms with Crippen LogP contribution in [-0.4, -0.2) is 27.4 Å². The monoisotopic (exact) mass is 429 g/mol. The smallest absolute Gasteiger partial charge is 0.222 e. The third-order valence-corrected chi connectivity index (χ3v) is 7.36. The Morgan fingerprint density at radius 1 is 1.13 bits per heavy atom. The molecule has 2 aromatic carbocycles. The van der Waals surface area contributed by atoms with Crippen molar-refractivity contribution in [2.45, 2.75) is 38.5 Å². The summed E-state index contributed by atoms with van der Waals surface area (Å²) < 4.78 is 28.9. The average molecular weight is 430 g/mol. The Labute approximate surface area is 179 Å². The number of nitrogens with two attached hydrogens (primary N) is 1. The van der Waals surface area contributed by atoms with Gasteiger partial charge in [-0.2, -0.15) is 0 Å². The number of nitrogens with one attached hydrogen (secondary N) is 1. The zero-order valence-corrected chi connectivity index (χ0v) is 18.4.